The molecule has 0 bridgehead atoms. The summed E-state index contributed by atoms with van der Waals surface area (Å²) in [5.74, 6) is -1.68. The van der Waals surface area contributed by atoms with E-state index in [2.05, 4.69) is 15.3 Å². The van der Waals surface area contributed by atoms with Crippen LogP contribution in [0.25, 0.3) is 11.3 Å². The van der Waals surface area contributed by atoms with Gasteiger partial charge in [-0.1, -0.05) is 0 Å². The second-order valence-corrected chi connectivity index (χ2v) is 10.7. The first kappa shape index (κ1) is 24.0. The van der Waals surface area contributed by atoms with Crippen LogP contribution < -0.4 is 11.1 Å². The third-order valence-corrected chi connectivity index (χ3v) is 7.90. The predicted molar refractivity (Wildman–Crippen MR) is 115 cm³/mol. The van der Waals surface area contributed by atoms with Crippen LogP contribution in [0.5, 0.6) is 0 Å². The zero-order valence-electron chi connectivity index (χ0n) is 16.5. The van der Waals surface area contributed by atoms with Gasteiger partial charge in [0.15, 0.2) is 26.8 Å². The van der Waals surface area contributed by atoms with E-state index in [1.807, 2.05) is 6.07 Å². The molecule has 0 saturated carbocycles. The molecule has 0 aliphatic carbocycles. The minimum atomic E-state index is -4.80. The molecule has 1 heterocycles. The SMILES string of the molecule is N#Cc1ccc(F)cc1-c1cnc(N)c(C(=O)Nc2ccc(S(=O)(=O)CP(=O)(O)O)cc2)n1. The average Bonchev–Trinajstić information content (AvgIpc) is 2.72. The van der Waals surface area contributed by atoms with Crippen LogP contribution in [0.15, 0.2) is 53.6 Å². The third kappa shape index (κ3) is 5.76. The molecule has 0 saturated heterocycles. The van der Waals surface area contributed by atoms with Crippen LogP contribution in [-0.4, -0.2) is 39.6 Å². The van der Waals surface area contributed by atoms with Crippen molar-refractivity contribution in [2.75, 3.05) is 16.5 Å². The summed E-state index contributed by atoms with van der Waals surface area (Å²) in [5.41, 5.74) is 4.44. The van der Waals surface area contributed by atoms with Crippen molar-refractivity contribution in [3.63, 3.8) is 0 Å². The maximum atomic E-state index is 13.7. The lowest BCUT2D eigenvalue weighted by Crippen LogP contribution is -2.17. The van der Waals surface area contributed by atoms with Crippen molar-refractivity contribution in [2.24, 2.45) is 0 Å². The van der Waals surface area contributed by atoms with Crippen LogP contribution in [0.2, 0.25) is 0 Å². The first-order valence-corrected chi connectivity index (χ1v) is 12.4. The van der Waals surface area contributed by atoms with Crippen LogP contribution in [0.1, 0.15) is 16.1 Å². The number of carbonyl (C=O) groups excluding carboxylic acids is 1. The molecule has 0 aliphatic rings. The first-order chi connectivity index (χ1) is 15.4. The van der Waals surface area contributed by atoms with Crippen LogP contribution in [-0.2, 0) is 14.4 Å². The van der Waals surface area contributed by atoms with E-state index >= 15 is 0 Å². The van der Waals surface area contributed by atoms with Gasteiger partial charge in [-0.3, -0.25) is 9.36 Å². The fourth-order valence-corrected chi connectivity index (χ4v) is 5.67. The van der Waals surface area contributed by atoms with Gasteiger partial charge in [-0.25, -0.2) is 22.8 Å². The number of aromatic nitrogens is 2. The molecule has 0 unspecified atom stereocenters. The first-order valence-electron chi connectivity index (χ1n) is 8.91. The Bertz CT molecular complexity index is 1430. The Balaban J connectivity index is 1.87. The van der Waals surface area contributed by atoms with E-state index < -0.39 is 34.7 Å². The van der Waals surface area contributed by atoms with E-state index in [1.165, 1.54) is 24.4 Å². The molecule has 1 aromatic heterocycles. The van der Waals surface area contributed by atoms with Gasteiger partial charge in [-0.15, -0.1) is 0 Å². The largest absolute Gasteiger partial charge is 0.382 e. The van der Waals surface area contributed by atoms with E-state index in [4.69, 9.17) is 15.5 Å². The summed E-state index contributed by atoms with van der Waals surface area (Å²) in [4.78, 5) is 38.1. The Labute approximate surface area is 186 Å². The van der Waals surface area contributed by atoms with Gasteiger partial charge in [-0.05, 0) is 42.5 Å². The van der Waals surface area contributed by atoms with Crippen LogP contribution >= 0.6 is 7.60 Å². The fraction of sp³-hybridized carbons (Fsp3) is 0.0526. The Morgan fingerprint density at radius 1 is 1.21 bits per heavy atom. The number of hydrogen-bond donors (Lipinski definition) is 4. The summed E-state index contributed by atoms with van der Waals surface area (Å²) in [5, 5.41) is 11.7. The minimum Gasteiger partial charge on any atom is -0.382 e. The lowest BCUT2D eigenvalue weighted by Gasteiger charge is -2.10. The molecule has 0 atom stereocenters. The number of nitriles is 1. The van der Waals surface area contributed by atoms with Gasteiger partial charge in [-0.2, -0.15) is 5.26 Å². The highest BCUT2D eigenvalue weighted by atomic mass is 32.2. The molecule has 0 aliphatic heterocycles. The zero-order valence-corrected chi connectivity index (χ0v) is 18.2. The summed E-state index contributed by atoms with van der Waals surface area (Å²) in [6.07, 6.45) is 1.18. The van der Waals surface area contributed by atoms with Crippen molar-refractivity contribution in [2.45, 2.75) is 4.90 Å². The number of nitrogens with zero attached hydrogens (tertiary/aromatic N) is 3. The zero-order chi connectivity index (χ0) is 24.4. The number of halogens is 1. The Kier molecular flexibility index (Phi) is 6.57. The molecule has 5 N–H and O–H groups in total. The molecule has 1 amide bonds. The number of hydrogen-bond acceptors (Lipinski definition) is 8. The molecule has 33 heavy (non-hydrogen) atoms. The lowest BCUT2D eigenvalue weighted by atomic mass is 10.1. The van der Waals surface area contributed by atoms with Gasteiger partial charge in [0.05, 0.1) is 28.4 Å². The number of nitrogen functional groups attached to an aromatic ring is 1. The third-order valence-electron chi connectivity index (χ3n) is 4.20. The molecule has 2 aromatic carbocycles. The topological polar surface area (TPSA) is 196 Å². The van der Waals surface area contributed by atoms with Crippen molar-refractivity contribution >= 4 is 34.8 Å². The lowest BCUT2D eigenvalue weighted by molar-refractivity contribution is 0.102. The summed E-state index contributed by atoms with van der Waals surface area (Å²) >= 11 is 0. The van der Waals surface area contributed by atoms with E-state index in [0.29, 0.717) is 0 Å². The molecule has 11 nitrogen and oxygen atoms in total. The number of anilines is 2. The molecule has 0 fully saturated rings. The number of benzene rings is 2. The van der Waals surface area contributed by atoms with Gasteiger partial charge in [0.25, 0.3) is 5.91 Å². The second kappa shape index (κ2) is 9.05. The quantitative estimate of drug-likeness (QED) is 0.370. The number of nitrogens with two attached hydrogens (primary N) is 1. The molecule has 0 radical (unpaired) electrons. The van der Waals surface area contributed by atoms with Crippen molar-refractivity contribution < 1.29 is 32.0 Å². The van der Waals surface area contributed by atoms with Crippen molar-refractivity contribution in [1.29, 1.82) is 5.26 Å². The molecular weight excluding hydrogens is 476 g/mol. The number of sulfone groups is 1. The Morgan fingerprint density at radius 3 is 2.48 bits per heavy atom. The summed E-state index contributed by atoms with van der Waals surface area (Å²) in [6.45, 7) is 0. The highest BCUT2D eigenvalue weighted by molar-refractivity contribution is 7.97. The van der Waals surface area contributed by atoms with Gasteiger partial charge in [0.1, 0.15) is 5.82 Å². The normalized spacial score (nSPS) is 11.6. The molecule has 0 spiro atoms. The van der Waals surface area contributed by atoms with Crippen LogP contribution in [0.4, 0.5) is 15.9 Å². The van der Waals surface area contributed by atoms with Gasteiger partial charge < -0.3 is 20.8 Å². The molecule has 3 rings (SSSR count). The number of carbonyl (C=O) groups is 1. The van der Waals surface area contributed by atoms with Crippen LogP contribution in [0, 0.1) is 17.1 Å². The maximum Gasteiger partial charge on any atom is 0.340 e. The molecule has 170 valence electrons. The van der Waals surface area contributed by atoms with Gasteiger partial charge in [0, 0.05) is 11.3 Å². The smallest absolute Gasteiger partial charge is 0.340 e. The highest BCUT2D eigenvalue weighted by Gasteiger charge is 2.26. The van der Waals surface area contributed by atoms with Crippen LogP contribution in [0.3, 0.4) is 0 Å². The highest BCUT2D eigenvalue weighted by Crippen LogP contribution is 2.38. The summed E-state index contributed by atoms with van der Waals surface area (Å²) in [7, 11) is -9.05. The Morgan fingerprint density at radius 2 is 1.88 bits per heavy atom. The van der Waals surface area contributed by atoms with Crippen molar-refractivity contribution in [3.8, 4) is 17.3 Å². The number of nitrogens with one attached hydrogen (secondary N) is 1. The fourth-order valence-electron chi connectivity index (χ4n) is 2.75. The van der Waals surface area contributed by atoms with E-state index in [1.54, 1.807) is 0 Å². The van der Waals surface area contributed by atoms with E-state index in [-0.39, 0.29) is 38.9 Å². The number of rotatable bonds is 6. The second-order valence-electron chi connectivity index (χ2n) is 6.68. The molecular formula is C19H15FN5O6PS. The van der Waals surface area contributed by atoms with E-state index in [9.17, 15) is 27.4 Å². The van der Waals surface area contributed by atoms with Crippen molar-refractivity contribution in [3.05, 3.63) is 65.7 Å². The predicted octanol–water partition coefficient (Wildman–Crippen LogP) is 1.90. The standard InChI is InChI=1S/C19H15FN5O6PS/c20-12-2-1-11(8-21)15(7-12)16-9-23-18(22)17(25-16)19(26)24-13-3-5-14(6-4-13)33(30,31)10-32(27,28)29/h1-7,9H,10H2,(H2,22,23)(H,24,26)(H2,27,28,29). The average molecular weight is 491 g/mol. The van der Waals surface area contributed by atoms with Crippen molar-refractivity contribution in [1.82, 2.24) is 9.97 Å². The monoisotopic (exact) mass is 491 g/mol. The minimum absolute atomic E-state index is 0.0317. The molecule has 14 heteroatoms. The maximum absolute atomic E-state index is 13.7. The van der Waals surface area contributed by atoms with Gasteiger partial charge in [0.2, 0.25) is 0 Å². The van der Waals surface area contributed by atoms with E-state index in [0.717, 1.165) is 24.3 Å². The number of amides is 1. The van der Waals surface area contributed by atoms with Gasteiger partial charge >= 0.3 is 7.60 Å². The summed E-state index contributed by atoms with van der Waals surface area (Å²) < 4.78 is 48.7. The molecule has 3 aromatic rings. The summed E-state index contributed by atoms with van der Waals surface area (Å²) in [6, 6.07) is 9.86. The Hall–Kier alpha value is -3.69.